The average Bonchev–Trinajstić information content (AvgIpc) is 3.26. The zero-order valence-corrected chi connectivity index (χ0v) is 15.7. The Hall–Kier alpha value is -3.54. The lowest BCUT2D eigenvalue weighted by Gasteiger charge is -2.12. The van der Waals surface area contributed by atoms with Crippen molar-refractivity contribution in [1.82, 2.24) is 9.78 Å². The molecular formula is C22H22N2O4. The van der Waals surface area contributed by atoms with E-state index in [9.17, 15) is 4.79 Å². The number of benzene rings is 2. The summed E-state index contributed by atoms with van der Waals surface area (Å²) in [6, 6.07) is 15.0. The molecular weight excluding hydrogens is 356 g/mol. The zero-order chi connectivity index (χ0) is 19.8. The highest BCUT2D eigenvalue weighted by molar-refractivity contribution is 5.71. The van der Waals surface area contributed by atoms with Crippen LogP contribution in [0.4, 0.5) is 0 Å². The van der Waals surface area contributed by atoms with Crippen LogP contribution in [0.15, 0.2) is 73.6 Å². The lowest BCUT2D eigenvalue weighted by atomic mass is 10.1. The molecule has 0 saturated carbocycles. The maximum Gasteiger partial charge on any atom is 0.344 e. The van der Waals surface area contributed by atoms with E-state index in [0.717, 1.165) is 23.2 Å². The smallest absolute Gasteiger partial charge is 0.344 e. The van der Waals surface area contributed by atoms with Gasteiger partial charge in [0.2, 0.25) is 0 Å². The van der Waals surface area contributed by atoms with Crippen LogP contribution < -0.4 is 9.47 Å². The van der Waals surface area contributed by atoms with Crippen LogP contribution in [-0.4, -0.2) is 29.5 Å². The summed E-state index contributed by atoms with van der Waals surface area (Å²) in [6.07, 6.45) is 6.13. The number of hydrogen-bond acceptors (Lipinski definition) is 5. The zero-order valence-electron chi connectivity index (χ0n) is 15.7. The molecule has 28 heavy (non-hydrogen) atoms. The van der Waals surface area contributed by atoms with Crippen LogP contribution in [0.25, 0.3) is 5.69 Å². The van der Waals surface area contributed by atoms with Gasteiger partial charge < -0.3 is 14.2 Å². The van der Waals surface area contributed by atoms with Crippen molar-refractivity contribution in [3.8, 4) is 17.2 Å². The Balaban J connectivity index is 1.50. The van der Waals surface area contributed by atoms with E-state index < -0.39 is 5.97 Å². The SMILES string of the molecule is C=CCc1ccc(OCC(=O)OCc2ccc(-n3cccn3)cc2)c(OC)c1. The van der Waals surface area contributed by atoms with Gasteiger partial charge in [-0.15, -0.1) is 6.58 Å². The molecule has 1 heterocycles. The fourth-order valence-corrected chi connectivity index (χ4v) is 2.63. The van der Waals surface area contributed by atoms with Crippen molar-refractivity contribution in [2.75, 3.05) is 13.7 Å². The Morgan fingerprint density at radius 3 is 2.61 bits per heavy atom. The van der Waals surface area contributed by atoms with Gasteiger partial charge in [-0.3, -0.25) is 0 Å². The highest BCUT2D eigenvalue weighted by atomic mass is 16.6. The minimum atomic E-state index is -0.451. The van der Waals surface area contributed by atoms with Crippen molar-refractivity contribution in [2.45, 2.75) is 13.0 Å². The van der Waals surface area contributed by atoms with E-state index in [4.69, 9.17) is 14.2 Å². The monoisotopic (exact) mass is 378 g/mol. The number of hydrogen-bond donors (Lipinski definition) is 0. The first-order valence-electron chi connectivity index (χ1n) is 8.85. The summed E-state index contributed by atoms with van der Waals surface area (Å²) in [4.78, 5) is 12.0. The van der Waals surface area contributed by atoms with Gasteiger partial charge in [-0.2, -0.15) is 5.10 Å². The van der Waals surface area contributed by atoms with E-state index in [0.29, 0.717) is 11.5 Å². The number of aromatic nitrogens is 2. The molecule has 3 rings (SSSR count). The molecule has 0 N–H and O–H groups in total. The summed E-state index contributed by atoms with van der Waals surface area (Å²) in [6.45, 7) is 3.70. The Kier molecular flexibility index (Phi) is 6.46. The third-order valence-corrected chi connectivity index (χ3v) is 4.06. The van der Waals surface area contributed by atoms with Crippen molar-refractivity contribution < 1.29 is 19.0 Å². The summed E-state index contributed by atoms with van der Waals surface area (Å²) in [7, 11) is 1.56. The molecule has 0 aliphatic heterocycles. The summed E-state index contributed by atoms with van der Waals surface area (Å²) < 4.78 is 17.9. The van der Waals surface area contributed by atoms with Gasteiger partial charge >= 0.3 is 5.97 Å². The molecule has 0 aliphatic rings. The number of rotatable bonds is 9. The molecule has 1 aromatic heterocycles. The van der Waals surface area contributed by atoms with Gasteiger partial charge in [0.15, 0.2) is 18.1 Å². The number of esters is 1. The molecule has 0 bridgehead atoms. The van der Waals surface area contributed by atoms with E-state index in [2.05, 4.69) is 11.7 Å². The van der Waals surface area contributed by atoms with Gasteiger partial charge in [0.05, 0.1) is 12.8 Å². The van der Waals surface area contributed by atoms with E-state index in [1.165, 1.54) is 0 Å². The van der Waals surface area contributed by atoms with Crippen LogP contribution in [0.3, 0.4) is 0 Å². The van der Waals surface area contributed by atoms with Crippen molar-refractivity contribution in [1.29, 1.82) is 0 Å². The maximum atomic E-state index is 12.0. The van der Waals surface area contributed by atoms with Crippen LogP contribution in [0.1, 0.15) is 11.1 Å². The Morgan fingerprint density at radius 2 is 1.93 bits per heavy atom. The van der Waals surface area contributed by atoms with Gasteiger partial charge in [0.25, 0.3) is 0 Å². The van der Waals surface area contributed by atoms with Gasteiger partial charge in [-0.25, -0.2) is 9.48 Å². The first-order valence-corrected chi connectivity index (χ1v) is 8.85. The summed E-state index contributed by atoms with van der Waals surface area (Å²) in [5.41, 5.74) is 2.88. The minimum absolute atomic E-state index is 0.178. The summed E-state index contributed by atoms with van der Waals surface area (Å²) >= 11 is 0. The number of carbonyl (C=O) groups excluding carboxylic acids is 1. The molecule has 6 heteroatoms. The topological polar surface area (TPSA) is 62.6 Å². The molecule has 144 valence electrons. The predicted octanol–water partition coefficient (Wildman–Crippen LogP) is 3.73. The number of carbonyl (C=O) groups is 1. The lowest BCUT2D eigenvalue weighted by molar-refractivity contribution is -0.147. The number of nitrogens with zero attached hydrogens (tertiary/aromatic N) is 2. The number of ether oxygens (including phenoxy) is 3. The number of methoxy groups -OCH3 is 1. The molecule has 0 saturated heterocycles. The van der Waals surface area contributed by atoms with Crippen LogP contribution in [-0.2, 0) is 22.6 Å². The number of allylic oxidation sites excluding steroid dienone is 1. The van der Waals surface area contributed by atoms with Crippen LogP contribution >= 0.6 is 0 Å². The van der Waals surface area contributed by atoms with Gasteiger partial charge in [0.1, 0.15) is 6.61 Å². The molecule has 0 aliphatic carbocycles. The molecule has 0 radical (unpaired) electrons. The highest BCUT2D eigenvalue weighted by Crippen LogP contribution is 2.28. The Bertz CT molecular complexity index is 918. The van der Waals surface area contributed by atoms with Gasteiger partial charge in [0, 0.05) is 12.4 Å². The molecule has 0 unspecified atom stereocenters. The highest BCUT2D eigenvalue weighted by Gasteiger charge is 2.10. The van der Waals surface area contributed by atoms with Crippen molar-refractivity contribution in [3.63, 3.8) is 0 Å². The summed E-state index contributed by atoms with van der Waals surface area (Å²) in [5.74, 6) is 0.616. The van der Waals surface area contributed by atoms with Crippen molar-refractivity contribution in [3.05, 3.63) is 84.7 Å². The predicted molar refractivity (Wildman–Crippen MR) is 106 cm³/mol. The Morgan fingerprint density at radius 1 is 1.14 bits per heavy atom. The van der Waals surface area contributed by atoms with Crippen LogP contribution in [0.2, 0.25) is 0 Å². The van der Waals surface area contributed by atoms with Crippen LogP contribution in [0, 0.1) is 0 Å². The van der Waals surface area contributed by atoms with Crippen molar-refractivity contribution >= 4 is 5.97 Å². The molecule has 2 aromatic carbocycles. The second kappa shape index (κ2) is 9.41. The van der Waals surface area contributed by atoms with E-state index in [-0.39, 0.29) is 13.2 Å². The molecule has 3 aromatic rings. The molecule has 0 fully saturated rings. The van der Waals surface area contributed by atoms with E-state index >= 15 is 0 Å². The third-order valence-electron chi connectivity index (χ3n) is 4.06. The van der Waals surface area contributed by atoms with Gasteiger partial charge in [-0.1, -0.05) is 24.3 Å². The second-order valence-electron chi connectivity index (χ2n) is 6.04. The largest absolute Gasteiger partial charge is 0.493 e. The molecule has 0 atom stereocenters. The van der Waals surface area contributed by atoms with Crippen molar-refractivity contribution in [2.24, 2.45) is 0 Å². The Labute approximate surface area is 164 Å². The standard InChI is InChI=1S/C22H22N2O4/c1-3-5-17-8-11-20(21(14-17)26-2)27-16-22(25)28-15-18-6-9-19(10-7-18)24-13-4-12-23-24/h3-4,6-14H,1,5,15-16H2,2H3. The first kappa shape index (κ1) is 19.2. The first-order chi connectivity index (χ1) is 13.7. The minimum Gasteiger partial charge on any atom is -0.493 e. The fourth-order valence-electron chi connectivity index (χ4n) is 2.63. The fraction of sp³-hybridized carbons (Fsp3) is 0.182. The summed E-state index contributed by atoms with van der Waals surface area (Å²) in [5, 5.41) is 4.17. The van der Waals surface area contributed by atoms with Crippen LogP contribution in [0.5, 0.6) is 11.5 Å². The maximum absolute atomic E-state index is 12.0. The quantitative estimate of drug-likeness (QED) is 0.419. The normalized spacial score (nSPS) is 10.3. The molecule has 0 amide bonds. The second-order valence-corrected chi connectivity index (χ2v) is 6.04. The van der Waals surface area contributed by atoms with Gasteiger partial charge in [-0.05, 0) is 47.9 Å². The third kappa shape index (κ3) is 5.01. The lowest BCUT2D eigenvalue weighted by Crippen LogP contribution is -2.15. The molecule has 0 spiro atoms. The molecule has 6 nitrogen and oxygen atoms in total. The van der Waals surface area contributed by atoms with E-state index in [1.54, 1.807) is 24.1 Å². The average molecular weight is 378 g/mol. The van der Waals surface area contributed by atoms with E-state index in [1.807, 2.05) is 54.7 Å².